The summed E-state index contributed by atoms with van der Waals surface area (Å²) in [6.45, 7) is 6.81. The van der Waals surface area contributed by atoms with Crippen molar-refractivity contribution in [1.82, 2.24) is 10.2 Å². The monoisotopic (exact) mass is 615 g/mol. The van der Waals surface area contributed by atoms with Crippen molar-refractivity contribution in [2.45, 2.75) is 51.6 Å². The summed E-state index contributed by atoms with van der Waals surface area (Å²) in [7, 11) is -4.22. The number of nitrogens with zero attached hydrogens (tertiary/aromatic N) is 2. The molecule has 4 rings (SSSR count). The van der Waals surface area contributed by atoms with Gasteiger partial charge in [0, 0.05) is 25.1 Å². The average molecular weight is 616 g/mol. The van der Waals surface area contributed by atoms with E-state index in [2.05, 4.69) is 5.32 Å². The van der Waals surface area contributed by atoms with Gasteiger partial charge < -0.3 is 10.2 Å². The number of sulfonamides is 1. The molecule has 0 bridgehead atoms. The molecule has 0 unspecified atom stereocenters. The number of rotatable bonds is 12. The minimum atomic E-state index is -4.22. The highest BCUT2D eigenvalue weighted by Crippen LogP contribution is 2.29. The third-order valence-corrected chi connectivity index (χ3v) is 9.20. The lowest BCUT2D eigenvalue weighted by molar-refractivity contribution is -0.140. The van der Waals surface area contributed by atoms with Crippen LogP contribution in [0.1, 0.15) is 34.7 Å². The van der Waals surface area contributed by atoms with Gasteiger partial charge in [0.05, 0.1) is 10.6 Å². The Hall–Kier alpha value is -4.50. The van der Waals surface area contributed by atoms with E-state index >= 15 is 0 Å². The Balaban J connectivity index is 1.83. The molecule has 0 heterocycles. The summed E-state index contributed by atoms with van der Waals surface area (Å²) in [5.41, 5.74) is 3.84. The smallest absolute Gasteiger partial charge is 0.264 e. The standard InChI is InChI=1S/C35H38FN3O4S/c1-5-37-35(41)33(22-28-11-7-6-8-12-28)38(23-29-13-9-10-14-31(29)36)34(40)24-39(32-20-17-26(3)21-27(32)4)44(42,43)30-18-15-25(2)16-19-30/h6-21,33H,5,22-24H2,1-4H3,(H,37,41)/t33-/m1/s1. The number of carbonyl (C=O) groups is 2. The SMILES string of the molecule is CCNC(=O)[C@@H](Cc1ccccc1)N(Cc1ccccc1F)C(=O)CN(c1ccc(C)cc1C)S(=O)(=O)c1ccc(C)cc1. The number of halogens is 1. The molecule has 0 aromatic heterocycles. The maximum absolute atomic E-state index is 15.0. The number of anilines is 1. The van der Waals surface area contributed by atoms with E-state index in [9.17, 15) is 22.4 Å². The molecular formula is C35H38FN3O4S. The molecule has 2 amide bonds. The van der Waals surface area contributed by atoms with Crippen molar-refractivity contribution < 1.29 is 22.4 Å². The molecular weight excluding hydrogens is 577 g/mol. The zero-order valence-corrected chi connectivity index (χ0v) is 26.3. The molecule has 230 valence electrons. The van der Waals surface area contributed by atoms with Gasteiger partial charge in [-0.25, -0.2) is 12.8 Å². The van der Waals surface area contributed by atoms with E-state index in [1.54, 1.807) is 56.3 Å². The predicted molar refractivity (Wildman–Crippen MR) is 171 cm³/mol. The van der Waals surface area contributed by atoms with Crippen LogP contribution in [0.4, 0.5) is 10.1 Å². The van der Waals surface area contributed by atoms with Gasteiger partial charge in [-0.05, 0) is 63.1 Å². The number of likely N-dealkylation sites (N-methyl/N-ethyl adjacent to an activating group) is 1. The van der Waals surface area contributed by atoms with Gasteiger partial charge in [-0.3, -0.25) is 13.9 Å². The van der Waals surface area contributed by atoms with E-state index in [0.29, 0.717) is 17.8 Å². The number of amides is 2. The van der Waals surface area contributed by atoms with Crippen LogP contribution in [-0.4, -0.2) is 44.3 Å². The second-order valence-corrected chi connectivity index (χ2v) is 12.7. The Kier molecular flexibility index (Phi) is 10.5. The average Bonchev–Trinajstić information content (AvgIpc) is 2.99. The highest BCUT2D eigenvalue weighted by atomic mass is 32.2. The maximum Gasteiger partial charge on any atom is 0.264 e. The topological polar surface area (TPSA) is 86.8 Å². The van der Waals surface area contributed by atoms with Crippen LogP contribution in [0.25, 0.3) is 0 Å². The second kappa shape index (κ2) is 14.3. The fraction of sp³-hybridized carbons (Fsp3) is 0.257. The number of aryl methyl sites for hydroxylation is 3. The Morgan fingerprint density at radius 2 is 1.48 bits per heavy atom. The van der Waals surface area contributed by atoms with Crippen molar-refractivity contribution in [3.63, 3.8) is 0 Å². The minimum absolute atomic E-state index is 0.0288. The maximum atomic E-state index is 15.0. The van der Waals surface area contributed by atoms with Crippen molar-refractivity contribution in [3.8, 4) is 0 Å². The molecule has 0 aliphatic rings. The second-order valence-electron chi connectivity index (χ2n) is 10.8. The van der Waals surface area contributed by atoms with E-state index < -0.39 is 40.2 Å². The third-order valence-electron chi connectivity index (χ3n) is 7.43. The molecule has 1 atom stereocenters. The van der Waals surface area contributed by atoms with Crippen molar-refractivity contribution in [2.75, 3.05) is 17.4 Å². The largest absolute Gasteiger partial charge is 0.355 e. The molecule has 44 heavy (non-hydrogen) atoms. The lowest BCUT2D eigenvalue weighted by Crippen LogP contribution is -2.53. The van der Waals surface area contributed by atoms with Gasteiger partial charge in [-0.1, -0.05) is 83.9 Å². The third kappa shape index (κ3) is 7.71. The van der Waals surface area contributed by atoms with E-state index in [0.717, 1.165) is 21.0 Å². The van der Waals surface area contributed by atoms with Gasteiger partial charge >= 0.3 is 0 Å². The Bertz CT molecular complexity index is 1710. The first-order valence-corrected chi connectivity index (χ1v) is 16.0. The first kappa shape index (κ1) is 32.4. The van der Waals surface area contributed by atoms with Crippen LogP contribution >= 0.6 is 0 Å². The Labute approximate surface area is 259 Å². The summed E-state index contributed by atoms with van der Waals surface area (Å²) in [4.78, 5) is 29.3. The van der Waals surface area contributed by atoms with Crippen LogP contribution < -0.4 is 9.62 Å². The summed E-state index contributed by atoms with van der Waals surface area (Å²) in [6, 6.07) is 26.0. The Morgan fingerprint density at radius 3 is 2.11 bits per heavy atom. The van der Waals surface area contributed by atoms with Gasteiger partial charge in [0.2, 0.25) is 11.8 Å². The van der Waals surface area contributed by atoms with Gasteiger partial charge in [-0.2, -0.15) is 0 Å². The van der Waals surface area contributed by atoms with E-state index in [4.69, 9.17) is 0 Å². The summed E-state index contributed by atoms with van der Waals surface area (Å²) >= 11 is 0. The minimum Gasteiger partial charge on any atom is -0.355 e. The summed E-state index contributed by atoms with van der Waals surface area (Å²) < 4.78 is 44.4. The van der Waals surface area contributed by atoms with Crippen molar-refractivity contribution >= 4 is 27.5 Å². The highest BCUT2D eigenvalue weighted by molar-refractivity contribution is 7.92. The number of carbonyl (C=O) groups excluding carboxylic acids is 2. The molecule has 0 radical (unpaired) electrons. The lowest BCUT2D eigenvalue weighted by Gasteiger charge is -2.34. The quantitative estimate of drug-likeness (QED) is 0.221. The molecule has 4 aromatic carbocycles. The number of hydrogen-bond donors (Lipinski definition) is 1. The zero-order chi connectivity index (χ0) is 31.9. The molecule has 4 aromatic rings. The fourth-order valence-corrected chi connectivity index (χ4v) is 6.57. The molecule has 7 nitrogen and oxygen atoms in total. The molecule has 0 saturated heterocycles. The first-order chi connectivity index (χ1) is 21.0. The number of nitrogens with one attached hydrogen (secondary N) is 1. The normalized spacial score (nSPS) is 11.9. The molecule has 0 fully saturated rings. The number of benzene rings is 4. The molecule has 9 heteroatoms. The predicted octanol–water partition coefficient (Wildman–Crippen LogP) is 5.72. The van der Waals surface area contributed by atoms with E-state index in [1.807, 2.05) is 50.2 Å². The van der Waals surface area contributed by atoms with Crippen molar-refractivity contribution in [2.24, 2.45) is 0 Å². The zero-order valence-electron chi connectivity index (χ0n) is 25.5. The van der Waals surface area contributed by atoms with Crippen LogP contribution in [0.2, 0.25) is 0 Å². The highest BCUT2D eigenvalue weighted by Gasteiger charge is 2.35. The summed E-state index contributed by atoms with van der Waals surface area (Å²) in [5.74, 6) is -1.59. The molecule has 1 N–H and O–H groups in total. The van der Waals surface area contributed by atoms with E-state index in [1.165, 1.54) is 23.1 Å². The summed E-state index contributed by atoms with van der Waals surface area (Å²) in [5, 5.41) is 2.80. The van der Waals surface area contributed by atoms with Gasteiger partial charge in [0.25, 0.3) is 10.0 Å². The van der Waals surface area contributed by atoms with Crippen molar-refractivity contribution in [1.29, 1.82) is 0 Å². The van der Waals surface area contributed by atoms with Crippen LogP contribution in [0, 0.1) is 26.6 Å². The molecule has 0 saturated carbocycles. The fourth-order valence-electron chi connectivity index (χ4n) is 5.09. The van der Waals surface area contributed by atoms with Crippen molar-refractivity contribution in [3.05, 3.63) is 131 Å². The van der Waals surface area contributed by atoms with Crippen LogP contribution in [0.5, 0.6) is 0 Å². The van der Waals surface area contributed by atoms with Gasteiger partial charge in [0.15, 0.2) is 0 Å². The van der Waals surface area contributed by atoms with E-state index in [-0.39, 0.29) is 23.4 Å². The first-order valence-electron chi connectivity index (χ1n) is 14.5. The molecule has 0 aliphatic carbocycles. The number of hydrogen-bond acceptors (Lipinski definition) is 4. The van der Waals surface area contributed by atoms with Gasteiger partial charge in [-0.15, -0.1) is 0 Å². The summed E-state index contributed by atoms with van der Waals surface area (Å²) in [6.07, 6.45) is 0.154. The van der Waals surface area contributed by atoms with Crippen LogP contribution in [-0.2, 0) is 32.6 Å². The molecule has 0 aliphatic heterocycles. The lowest BCUT2D eigenvalue weighted by atomic mass is 10.0. The molecule has 0 spiro atoms. The van der Waals surface area contributed by atoms with Crippen LogP contribution in [0.3, 0.4) is 0 Å². The Morgan fingerprint density at radius 1 is 0.841 bits per heavy atom. The van der Waals surface area contributed by atoms with Gasteiger partial charge in [0.1, 0.15) is 18.4 Å². The van der Waals surface area contributed by atoms with Crippen LogP contribution in [0.15, 0.2) is 102 Å².